The van der Waals surface area contributed by atoms with Gasteiger partial charge in [-0.2, -0.15) is 0 Å². The van der Waals surface area contributed by atoms with Gasteiger partial charge in [-0.25, -0.2) is 4.98 Å². The highest BCUT2D eigenvalue weighted by atomic mass is 16.5. The minimum absolute atomic E-state index is 0.0220. The van der Waals surface area contributed by atoms with Gasteiger partial charge in [-0.15, -0.1) is 0 Å². The van der Waals surface area contributed by atoms with Crippen LogP contribution in [0.3, 0.4) is 0 Å². The van der Waals surface area contributed by atoms with Crippen molar-refractivity contribution in [3.05, 3.63) is 41.6 Å². The predicted octanol–water partition coefficient (Wildman–Crippen LogP) is 1.80. The summed E-state index contributed by atoms with van der Waals surface area (Å²) in [7, 11) is 0. The van der Waals surface area contributed by atoms with E-state index in [1.807, 2.05) is 25.1 Å². The maximum Gasteiger partial charge on any atom is 0.273 e. The topological polar surface area (TPSA) is 84.7 Å². The summed E-state index contributed by atoms with van der Waals surface area (Å²) in [5.74, 6) is 0.560. The second-order valence-electron chi connectivity index (χ2n) is 6.11. The number of benzene rings is 1. The van der Waals surface area contributed by atoms with Crippen molar-refractivity contribution in [1.29, 1.82) is 0 Å². The minimum atomic E-state index is -0.239. The van der Waals surface area contributed by atoms with Gasteiger partial charge in [0.1, 0.15) is 18.6 Å². The average molecular weight is 327 g/mol. The molecule has 0 unspecified atom stereocenters. The van der Waals surface area contributed by atoms with E-state index in [1.54, 1.807) is 4.90 Å². The zero-order valence-corrected chi connectivity index (χ0v) is 13.2. The Hall–Kier alpha value is -2.83. The molecular formula is C17H17N3O4. The number of nitrogens with one attached hydrogen (secondary N) is 1. The fourth-order valence-electron chi connectivity index (χ4n) is 2.60. The van der Waals surface area contributed by atoms with Gasteiger partial charge in [0, 0.05) is 6.04 Å². The molecule has 1 saturated carbocycles. The number of fused-ring (bicyclic) bond motifs is 1. The maximum absolute atomic E-state index is 12.2. The minimum Gasteiger partial charge on any atom is -0.482 e. The Morgan fingerprint density at radius 2 is 2.25 bits per heavy atom. The molecule has 1 aromatic heterocycles. The van der Waals surface area contributed by atoms with Crippen LogP contribution in [0.25, 0.3) is 0 Å². The van der Waals surface area contributed by atoms with Crippen LogP contribution >= 0.6 is 0 Å². The summed E-state index contributed by atoms with van der Waals surface area (Å²) in [4.78, 5) is 30.0. The van der Waals surface area contributed by atoms with Crippen LogP contribution in [0, 0.1) is 6.92 Å². The molecule has 2 aromatic rings. The summed E-state index contributed by atoms with van der Waals surface area (Å²) in [5.41, 5.74) is 1.95. The van der Waals surface area contributed by atoms with Crippen molar-refractivity contribution in [3.63, 3.8) is 0 Å². The molecule has 1 aliphatic heterocycles. The SMILES string of the molecule is Cc1ccc2c(c1)N(Cc1nc(C(=O)NC3CC3)co1)C(=O)CO2. The van der Waals surface area contributed by atoms with E-state index in [4.69, 9.17) is 9.15 Å². The van der Waals surface area contributed by atoms with Gasteiger partial charge in [0.05, 0.1) is 5.69 Å². The average Bonchev–Trinajstić information content (AvgIpc) is 3.25. The molecule has 2 amide bonds. The molecule has 24 heavy (non-hydrogen) atoms. The molecule has 2 aliphatic rings. The molecule has 2 heterocycles. The number of oxazole rings is 1. The molecule has 1 aliphatic carbocycles. The monoisotopic (exact) mass is 327 g/mol. The third-order valence-electron chi connectivity index (χ3n) is 4.05. The first-order chi connectivity index (χ1) is 11.6. The fraction of sp³-hybridized carbons (Fsp3) is 0.353. The number of rotatable bonds is 4. The van der Waals surface area contributed by atoms with E-state index in [-0.39, 0.29) is 36.7 Å². The van der Waals surface area contributed by atoms with E-state index in [1.165, 1.54) is 6.26 Å². The van der Waals surface area contributed by atoms with E-state index >= 15 is 0 Å². The van der Waals surface area contributed by atoms with Gasteiger partial charge in [0.15, 0.2) is 12.3 Å². The van der Waals surface area contributed by atoms with Crippen molar-refractivity contribution in [2.24, 2.45) is 0 Å². The number of anilines is 1. The van der Waals surface area contributed by atoms with Crippen LogP contribution in [0.2, 0.25) is 0 Å². The van der Waals surface area contributed by atoms with Crippen LogP contribution in [0.1, 0.15) is 34.8 Å². The van der Waals surface area contributed by atoms with Crippen molar-refractivity contribution in [1.82, 2.24) is 10.3 Å². The van der Waals surface area contributed by atoms with Crippen molar-refractivity contribution in [2.45, 2.75) is 32.4 Å². The molecule has 1 fully saturated rings. The summed E-state index contributed by atoms with van der Waals surface area (Å²) in [5, 5.41) is 2.86. The number of carbonyl (C=O) groups excluding carboxylic acids is 2. The molecule has 0 saturated heterocycles. The Balaban J connectivity index is 1.54. The van der Waals surface area contributed by atoms with Gasteiger partial charge < -0.3 is 14.5 Å². The Kier molecular flexibility index (Phi) is 3.48. The Bertz CT molecular complexity index is 810. The highest BCUT2D eigenvalue weighted by Gasteiger charge is 2.28. The van der Waals surface area contributed by atoms with Gasteiger partial charge >= 0.3 is 0 Å². The molecule has 0 bridgehead atoms. The van der Waals surface area contributed by atoms with Gasteiger partial charge in [-0.3, -0.25) is 14.5 Å². The lowest BCUT2D eigenvalue weighted by Crippen LogP contribution is -2.38. The maximum atomic E-state index is 12.2. The second kappa shape index (κ2) is 5.67. The van der Waals surface area contributed by atoms with Gasteiger partial charge in [0.2, 0.25) is 5.89 Å². The molecule has 0 radical (unpaired) electrons. The normalized spacial score (nSPS) is 16.5. The number of aryl methyl sites for hydroxylation is 1. The van der Waals surface area contributed by atoms with E-state index < -0.39 is 0 Å². The first-order valence-corrected chi connectivity index (χ1v) is 7.89. The molecule has 7 nitrogen and oxygen atoms in total. The van der Waals surface area contributed by atoms with Crippen molar-refractivity contribution in [2.75, 3.05) is 11.5 Å². The molecule has 4 rings (SSSR count). The van der Waals surface area contributed by atoms with E-state index in [2.05, 4.69) is 10.3 Å². The standard InChI is InChI=1S/C17H17N3O4/c1-10-2-5-14-13(6-10)20(16(21)9-23-14)7-15-19-12(8-24-15)17(22)18-11-3-4-11/h2,5-6,8,11H,3-4,7,9H2,1H3,(H,18,22). The molecule has 7 heteroatoms. The lowest BCUT2D eigenvalue weighted by atomic mass is 10.1. The van der Waals surface area contributed by atoms with Crippen molar-refractivity contribution in [3.8, 4) is 5.75 Å². The van der Waals surface area contributed by atoms with Crippen molar-refractivity contribution < 1.29 is 18.7 Å². The van der Waals surface area contributed by atoms with Gasteiger partial charge in [-0.1, -0.05) is 6.07 Å². The number of amides is 2. The fourth-order valence-corrected chi connectivity index (χ4v) is 2.60. The number of nitrogens with zero attached hydrogens (tertiary/aromatic N) is 2. The highest BCUT2D eigenvalue weighted by molar-refractivity contribution is 5.97. The first-order valence-electron chi connectivity index (χ1n) is 7.89. The highest BCUT2D eigenvalue weighted by Crippen LogP contribution is 2.33. The molecule has 1 N–H and O–H groups in total. The number of aromatic nitrogens is 1. The molecule has 0 atom stereocenters. The third-order valence-corrected chi connectivity index (χ3v) is 4.05. The van der Waals surface area contributed by atoms with Crippen LogP contribution in [-0.4, -0.2) is 29.4 Å². The number of hydrogen-bond donors (Lipinski definition) is 1. The van der Waals surface area contributed by atoms with Gasteiger partial charge in [-0.05, 0) is 37.5 Å². The van der Waals surface area contributed by atoms with Crippen LogP contribution in [0.4, 0.5) is 5.69 Å². The lowest BCUT2D eigenvalue weighted by Gasteiger charge is -2.28. The summed E-state index contributed by atoms with van der Waals surface area (Å²) in [6.07, 6.45) is 3.35. The number of ether oxygens (including phenoxy) is 1. The largest absolute Gasteiger partial charge is 0.482 e. The summed E-state index contributed by atoms with van der Waals surface area (Å²) < 4.78 is 10.8. The molecule has 0 spiro atoms. The predicted molar refractivity (Wildman–Crippen MR) is 84.9 cm³/mol. The molecule has 124 valence electrons. The van der Waals surface area contributed by atoms with Crippen molar-refractivity contribution >= 4 is 17.5 Å². The second-order valence-corrected chi connectivity index (χ2v) is 6.11. The summed E-state index contributed by atoms with van der Waals surface area (Å²) >= 11 is 0. The van der Waals surface area contributed by atoms with Crippen LogP contribution < -0.4 is 15.0 Å². The number of carbonyl (C=O) groups is 2. The number of hydrogen-bond acceptors (Lipinski definition) is 5. The zero-order chi connectivity index (χ0) is 16.7. The molecule has 1 aromatic carbocycles. The summed E-state index contributed by atoms with van der Waals surface area (Å²) in [6, 6.07) is 5.91. The Morgan fingerprint density at radius 3 is 3.04 bits per heavy atom. The van der Waals surface area contributed by atoms with E-state index in [9.17, 15) is 9.59 Å². The Labute approximate surface area is 138 Å². The lowest BCUT2D eigenvalue weighted by molar-refractivity contribution is -0.121. The first kappa shape index (κ1) is 14.7. The molecular weight excluding hydrogens is 310 g/mol. The smallest absolute Gasteiger partial charge is 0.273 e. The third kappa shape index (κ3) is 2.84. The quantitative estimate of drug-likeness (QED) is 0.925. The van der Waals surface area contributed by atoms with E-state index in [0.717, 1.165) is 18.4 Å². The van der Waals surface area contributed by atoms with Gasteiger partial charge in [0.25, 0.3) is 11.8 Å². The van der Waals surface area contributed by atoms with Crippen LogP contribution in [0.5, 0.6) is 5.75 Å². The van der Waals surface area contributed by atoms with Crippen LogP contribution in [-0.2, 0) is 11.3 Å². The Morgan fingerprint density at radius 1 is 1.42 bits per heavy atom. The van der Waals surface area contributed by atoms with Crippen LogP contribution in [0.15, 0.2) is 28.9 Å². The zero-order valence-electron chi connectivity index (χ0n) is 13.2. The van der Waals surface area contributed by atoms with E-state index in [0.29, 0.717) is 17.3 Å². The summed E-state index contributed by atoms with van der Waals surface area (Å²) in [6.45, 7) is 2.09.